The third-order valence-corrected chi connectivity index (χ3v) is 2.47. The molecule has 1 amide bonds. The summed E-state index contributed by atoms with van der Waals surface area (Å²) < 4.78 is 2.68. The van der Waals surface area contributed by atoms with Crippen LogP contribution in [0.4, 0.5) is 5.95 Å². The zero-order chi connectivity index (χ0) is 14.5. The van der Waals surface area contributed by atoms with Crippen molar-refractivity contribution in [1.29, 1.82) is 0 Å². The molecule has 2 aromatic heterocycles. The standard InChI is InChI=1S/C9H11N7O3S/c17-8(10-2-4-20)7-1-3-14(12-7)6-15-5-11-9(13-15)16(18)19/h1,3,5,20H,2,4,6H2,(H,10,17). The molecule has 0 aliphatic rings. The number of hydrogen-bond donors (Lipinski definition) is 2. The molecule has 0 bridgehead atoms. The minimum atomic E-state index is -0.685. The van der Waals surface area contributed by atoms with Gasteiger partial charge in [0.2, 0.25) is 6.33 Å². The third kappa shape index (κ3) is 3.32. The van der Waals surface area contributed by atoms with Crippen molar-refractivity contribution in [2.75, 3.05) is 12.3 Å². The Bertz CT molecular complexity index is 623. The fraction of sp³-hybridized carbons (Fsp3) is 0.333. The molecule has 0 unspecified atom stereocenters. The maximum Gasteiger partial charge on any atom is 0.491 e. The van der Waals surface area contributed by atoms with Gasteiger partial charge in [-0.2, -0.15) is 22.4 Å². The van der Waals surface area contributed by atoms with Crippen molar-refractivity contribution in [2.24, 2.45) is 0 Å². The van der Waals surface area contributed by atoms with E-state index in [0.717, 1.165) is 0 Å². The average molecular weight is 297 g/mol. The van der Waals surface area contributed by atoms with E-state index in [1.54, 1.807) is 12.3 Å². The lowest BCUT2D eigenvalue weighted by Gasteiger charge is -1.99. The lowest BCUT2D eigenvalue weighted by molar-refractivity contribution is -0.394. The maximum atomic E-state index is 11.6. The fourth-order valence-electron chi connectivity index (χ4n) is 1.41. The van der Waals surface area contributed by atoms with Crippen LogP contribution in [0.1, 0.15) is 10.5 Å². The highest BCUT2D eigenvalue weighted by atomic mass is 32.1. The summed E-state index contributed by atoms with van der Waals surface area (Å²) in [5.41, 5.74) is 0.251. The van der Waals surface area contributed by atoms with Crippen LogP contribution in [-0.4, -0.2) is 47.7 Å². The number of nitrogens with one attached hydrogen (secondary N) is 1. The summed E-state index contributed by atoms with van der Waals surface area (Å²) in [5.74, 6) is -0.249. The Labute approximate surface area is 118 Å². The molecule has 0 aliphatic carbocycles. The Morgan fingerprint density at radius 3 is 2.90 bits per heavy atom. The molecule has 0 aromatic carbocycles. The molecule has 10 nitrogen and oxygen atoms in total. The fourth-order valence-corrected chi connectivity index (χ4v) is 1.52. The Balaban J connectivity index is 2.01. The van der Waals surface area contributed by atoms with E-state index in [2.05, 4.69) is 33.1 Å². The maximum absolute atomic E-state index is 11.6. The van der Waals surface area contributed by atoms with Gasteiger partial charge in [0.1, 0.15) is 5.69 Å². The second-order valence-electron chi connectivity index (χ2n) is 3.70. The summed E-state index contributed by atoms with van der Waals surface area (Å²) in [6.07, 6.45) is 2.80. The van der Waals surface area contributed by atoms with Crippen LogP contribution in [0.3, 0.4) is 0 Å². The number of carbonyl (C=O) groups excluding carboxylic acids is 1. The van der Waals surface area contributed by atoms with Gasteiger partial charge in [0, 0.05) is 23.6 Å². The van der Waals surface area contributed by atoms with E-state index >= 15 is 0 Å². The number of nitrogens with zero attached hydrogens (tertiary/aromatic N) is 6. The van der Waals surface area contributed by atoms with E-state index in [4.69, 9.17) is 0 Å². The summed E-state index contributed by atoms with van der Waals surface area (Å²) in [5, 5.41) is 20.8. The second-order valence-corrected chi connectivity index (χ2v) is 4.15. The number of amides is 1. The number of nitro groups is 1. The Morgan fingerprint density at radius 2 is 2.25 bits per heavy atom. The summed E-state index contributed by atoms with van der Waals surface area (Å²) in [6, 6.07) is 1.54. The zero-order valence-corrected chi connectivity index (χ0v) is 11.1. The number of hydrogen-bond acceptors (Lipinski definition) is 7. The molecule has 1 N–H and O–H groups in total. The molecule has 0 aliphatic heterocycles. The summed E-state index contributed by atoms with van der Waals surface area (Å²) in [7, 11) is 0. The van der Waals surface area contributed by atoms with Crippen molar-refractivity contribution in [3.8, 4) is 0 Å². The number of thiol groups is 1. The van der Waals surface area contributed by atoms with E-state index in [9.17, 15) is 14.9 Å². The molecule has 0 atom stereocenters. The Morgan fingerprint density at radius 1 is 1.45 bits per heavy atom. The molecule has 0 fully saturated rings. The van der Waals surface area contributed by atoms with Crippen molar-refractivity contribution < 1.29 is 9.72 Å². The van der Waals surface area contributed by atoms with Crippen LogP contribution < -0.4 is 5.32 Å². The predicted molar refractivity (Wildman–Crippen MR) is 70.5 cm³/mol. The summed E-state index contributed by atoms with van der Waals surface area (Å²) in [4.78, 5) is 24.9. The minimum absolute atomic E-state index is 0.126. The first-order chi connectivity index (χ1) is 9.60. The molecule has 0 spiro atoms. The molecule has 0 saturated carbocycles. The van der Waals surface area contributed by atoms with Crippen molar-refractivity contribution in [3.05, 3.63) is 34.4 Å². The van der Waals surface area contributed by atoms with Crippen LogP contribution in [0, 0.1) is 10.1 Å². The van der Waals surface area contributed by atoms with Gasteiger partial charge in [0.25, 0.3) is 5.91 Å². The number of rotatable bonds is 6. The molecule has 2 rings (SSSR count). The smallest absolute Gasteiger partial charge is 0.390 e. The monoisotopic (exact) mass is 297 g/mol. The molecule has 2 aromatic rings. The molecular weight excluding hydrogens is 286 g/mol. The molecule has 20 heavy (non-hydrogen) atoms. The first-order valence-electron chi connectivity index (χ1n) is 5.56. The lowest BCUT2D eigenvalue weighted by Crippen LogP contribution is -2.26. The highest BCUT2D eigenvalue weighted by Crippen LogP contribution is 2.01. The van der Waals surface area contributed by atoms with Crippen molar-refractivity contribution in [3.63, 3.8) is 0 Å². The van der Waals surface area contributed by atoms with Gasteiger partial charge in [-0.25, -0.2) is 4.68 Å². The molecule has 0 radical (unpaired) electrons. The SMILES string of the molecule is O=C(NCCS)c1ccn(Cn2cnc([N+](=O)[O-])n2)n1. The van der Waals surface area contributed by atoms with Gasteiger partial charge in [-0.15, -0.1) is 0 Å². The van der Waals surface area contributed by atoms with Crippen LogP contribution in [0.2, 0.25) is 0 Å². The minimum Gasteiger partial charge on any atom is -0.390 e. The quantitative estimate of drug-likeness (QED) is 0.423. The van der Waals surface area contributed by atoms with Crippen LogP contribution in [-0.2, 0) is 6.67 Å². The predicted octanol–water partition coefficient (Wildman–Crippen LogP) is -0.452. The molecular formula is C9H11N7O3S. The number of aromatic nitrogens is 5. The second kappa shape index (κ2) is 6.14. The first-order valence-corrected chi connectivity index (χ1v) is 6.19. The molecule has 2 heterocycles. The van der Waals surface area contributed by atoms with Gasteiger partial charge >= 0.3 is 5.95 Å². The summed E-state index contributed by atoms with van der Waals surface area (Å²) in [6.45, 7) is 0.574. The van der Waals surface area contributed by atoms with Crippen LogP contribution in [0.15, 0.2) is 18.6 Å². The summed E-state index contributed by atoms with van der Waals surface area (Å²) >= 11 is 3.98. The van der Waals surface area contributed by atoms with Crippen LogP contribution >= 0.6 is 12.6 Å². The van der Waals surface area contributed by atoms with E-state index in [1.807, 2.05) is 0 Å². The lowest BCUT2D eigenvalue weighted by atomic mass is 10.4. The topological polar surface area (TPSA) is 121 Å². The van der Waals surface area contributed by atoms with Gasteiger partial charge in [-0.3, -0.25) is 4.79 Å². The van der Waals surface area contributed by atoms with Gasteiger partial charge in [-0.1, -0.05) is 4.98 Å². The first kappa shape index (κ1) is 14.0. The largest absolute Gasteiger partial charge is 0.491 e. The van der Waals surface area contributed by atoms with Crippen LogP contribution in [0.25, 0.3) is 0 Å². The molecule has 11 heteroatoms. The third-order valence-electron chi connectivity index (χ3n) is 2.25. The van der Waals surface area contributed by atoms with Crippen molar-refractivity contribution >= 4 is 24.5 Å². The van der Waals surface area contributed by atoms with E-state index in [1.165, 1.54) is 15.7 Å². The Hall–Kier alpha value is -2.43. The normalized spacial score (nSPS) is 10.4. The molecule has 0 saturated heterocycles. The van der Waals surface area contributed by atoms with Crippen molar-refractivity contribution in [1.82, 2.24) is 29.9 Å². The Kier molecular flexibility index (Phi) is 4.30. The van der Waals surface area contributed by atoms with Gasteiger partial charge in [-0.05, 0) is 11.0 Å². The highest BCUT2D eigenvalue weighted by Gasteiger charge is 2.14. The van der Waals surface area contributed by atoms with Gasteiger partial charge < -0.3 is 15.4 Å². The number of carbonyl (C=O) groups is 1. The van der Waals surface area contributed by atoms with Crippen LogP contribution in [0.5, 0.6) is 0 Å². The molecule has 106 valence electrons. The van der Waals surface area contributed by atoms with Gasteiger partial charge in [0.15, 0.2) is 6.67 Å². The van der Waals surface area contributed by atoms with Gasteiger partial charge in [0.05, 0.1) is 0 Å². The van der Waals surface area contributed by atoms with E-state index < -0.39 is 10.9 Å². The zero-order valence-electron chi connectivity index (χ0n) is 10.2. The average Bonchev–Trinajstić information content (AvgIpc) is 3.05. The van der Waals surface area contributed by atoms with E-state index in [0.29, 0.717) is 12.3 Å². The van der Waals surface area contributed by atoms with Crippen molar-refractivity contribution in [2.45, 2.75) is 6.67 Å². The highest BCUT2D eigenvalue weighted by molar-refractivity contribution is 7.80. The van der Waals surface area contributed by atoms with E-state index in [-0.39, 0.29) is 18.3 Å².